The minimum atomic E-state index is -1.08. The highest BCUT2D eigenvalue weighted by molar-refractivity contribution is 6.01. The third-order valence-corrected chi connectivity index (χ3v) is 8.38. The number of benzene rings is 1. The monoisotopic (exact) mass is 509 g/mol. The Hall–Kier alpha value is -3.14. The van der Waals surface area contributed by atoms with E-state index in [1.807, 2.05) is 24.3 Å². The lowest BCUT2D eigenvalue weighted by atomic mass is 9.93. The highest BCUT2D eigenvalue weighted by Gasteiger charge is 2.56. The van der Waals surface area contributed by atoms with Crippen molar-refractivity contribution in [3.63, 3.8) is 0 Å². The summed E-state index contributed by atoms with van der Waals surface area (Å²) >= 11 is 0. The van der Waals surface area contributed by atoms with Crippen LogP contribution in [0.2, 0.25) is 0 Å². The van der Waals surface area contributed by atoms with E-state index in [1.165, 1.54) is 4.90 Å². The largest absolute Gasteiger partial charge is 0.369 e. The Kier molecular flexibility index (Phi) is 7.11. The number of nitrogens with one attached hydrogen (secondary N) is 1. The molecule has 37 heavy (non-hydrogen) atoms. The van der Waals surface area contributed by atoms with Crippen molar-refractivity contribution in [3.8, 4) is 0 Å². The number of Topliss-reactive ketones (excluding diaryl/α,β-unsaturated/α-hetero) is 1. The molecular weight excluding hydrogens is 474 g/mol. The van der Waals surface area contributed by atoms with Gasteiger partial charge in [0.25, 0.3) is 5.91 Å². The molecule has 0 aromatic heterocycles. The summed E-state index contributed by atoms with van der Waals surface area (Å²) in [4.78, 5) is 48.9. The molecule has 1 aromatic rings. The van der Waals surface area contributed by atoms with Crippen molar-refractivity contribution in [1.29, 1.82) is 0 Å². The molecule has 11 nitrogen and oxygen atoms in total. The van der Waals surface area contributed by atoms with Crippen molar-refractivity contribution in [2.45, 2.75) is 69.3 Å². The summed E-state index contributed by atoms with van der Waals surface area (Å²) in [6.07, 6.45) is 1.99. The Morgan fingerprint density at radius 1 is 1.14 bits per heavy atom. The molecule has 0 spiro atoms. The number of hydrogen-bond donors (Lipinski definition) is 1. The maximum absolute atomic E-state index is 13.9. The molecule has 0 unspecified atom stereocenters. The van der Waals surface area contributed by atoms with Gasteiger partial charge in [-0.2, -0.15) is 0 Å². The number of nitrogens with zero attached hydrogens (tertiary/aromatic N) is 6. The van der Waals surface area contributed by atoms with Crippen molar-refractivity contribution in [2.24, 2.45) is 5.11 Å². The molecule has 2 amide bonds. The predicted octanol–water partition coefficient (Wildman–Crippen LogP) is 2.12. The fraction of sp³-hybridized carbons (Fsp3) is 0.654. The van der Waals surface area contributed by atoms with Crippen LogP contribution in [0.5, 0.6) is 0 Å². The van der Waals surface area contributed by atoms with Crippen LogP contribution in [0.1, 0.15) is 49.9 Å². The lowest BCUT2D eigenvalue weighted by Crippen LogP contribution is -2.60. The van der Waals surface area contributed by atoms with Gasteiger partial charge in [-0.05, 0) is 56.5 Å². The van der Waals surface area contributed by atoms with Crippen molar-refractivity contribution < 1.29 is 19.1 Å². The molecule has 0 bridgehead atoms. The van der Waals surface area contributed by atoms with E-state index >= 15 is 0 Å². The molecule has 1 aliphatic carbocycles. The highest BCUT2D eigenvalue weighted by atomic mass is 16.5. The second-order valence-electron chi connectivity index (χ2n) is 10.8. The van der Waals surface area contributed by atoms with Crippen LogP contribution >= 0.6 is 0 Å². The fourth-order valence-electron chi connectivity index (χ4n) is 6.26. The van der Waals surface area contributed by atoms with Gasteiger partial charge in [-0.15, -0.1) is 0 Å². The van der Waals surface area contributed by atoms with Crippen LogP contribution in [-0.4, -0.2) is 96.5 Å². The standard InChI is InChI=1S/C26H35N7O4/c1-17(2)31-11-13-32(14-12-31)19-7-5-18(6-8-19)24(35)28-26(9-3-4-10-26)25(36)33-15-20(29-30-27)23-22(33)21(34)16-37-23/h5-8,17,20,22-23H,3-4,9-16H2,1-2H3,(H,28,35)/t20-,22+,23+/m0/s1. The number of ether oxygens (including phenoxy) is 1. The van der Waals surface area contributed by atoms with Gasteiger partial charge >= 0.3 is 0 Å². The van der Waals surface area contributed by atoms with E-state index in [0.29, 0.717) is 24.4 Å². The normalized spacial score (nSPS) is 27.3. The molecule has 5 rings (SSSR count). The first-order valence-corrected chi connectivity index (χ1v) is 13.2. The Morgan fingerprint density at radius 3 is 2.43 bits per heavy atom. The van der Waals surface area contributed by atoms with Gasteiger partial charge in [-0.25, -0.2) is 0 Å². The summed E-state index contributed by atoms with van der Waals surface area (Å²) in [7, 11) is 0. The van der Waals surface area contributed by atoms with E-state index < -0.39 is 23.7 Å². The molecule has 1 N–H and O–H groups in total. The van der Waals surface area contributed by atoms with Crippen LogP contribution in [0, 0.1) is 0 Å². The average molecular weight is 510 g/mol. The van der Waals surface area contributed by atoms with Gasteiger partial charge in [0.15, 0.2) is 5.78 Å². The van der Waals surface area contributed by atoms with Gasteiger partial charge < -0.3 is 19.9 Å². The minimum Gasteiger partial charge on any atom is -0.369 e. The van der Waals surface area contributed by atoms with Gasteiger partial charge in [-0.3, -0.25) is 19.3 Å². The van der Waals surface area contributed by atoms with E-state index in [4.69, 9.17) is 10.3 Å². The number of amides is 2. The molecule has 3 heterocycles. The van der Waals surface area contributed by atoms with E-state index in [1.54, 1.807) is 0 Å². The number of piperazine rings is 1. The molecular formula is C26H35N7O4. The average Bonchev–Trinajstić information content (AvgIpc) is 3.62. The molecule has 11 heteroatoms. The van der Waals surface area contributed by atoms with Gasteiger partial charge in [0.05, 0.1) is 12.1 Å². The summed E-state index contributed by atoms with van der Waals surface area (Å²) in [5.74, 6) is -0.788. The van der Waals surface area contributed by atoms with Gasteiger partial charge in [0, 0.05) is 54.9 Å². The summed E-state index contributed by atoms with van der Waals surface area (Å²) in [6.45, 7) is 8.34. The second-order valence-corrected chi connectivity index (χ2v) is 10.8. The number of likely N-dealkylation sites (tertiary alicyclic amines) is 1. The maximum Gasteiger partial charge on any atom is 0.252 e. The summed E-state index contributed by atoms with van der Waals surface area (Å²) < 4.78 is 5.56. The first-order valence-electron chi connectivity index (χ1n) is 13.2. The van der Waals surface area contributed by atoms with Crippen molar-refractivity contribution in [2.75, 3.05) is 44.2 Å². The topological polar surface area (TPSA) is 131 Å². The van der Waals surface area contributed by atoms with E-state index in [2.05, 4.69) is 39.0 Å². The zero-order valence-corrected chi connectivity index (χ0v) is 21.5. The number of anilines is 1. The van der Waals surface area contributed by atoms with Crippen molar-refractivity contribution in [3.05, 3.63) is 40.3 Å². The Bertz CT molecular complexity index is 1090. The zero-order chi connectivity index (χ0) is 26.2. The summed E-state index contributed by atoms with van der Waals surface area (Å²) in [5, 5.41) is 6.80. The Labute approximate surface area is 216 Å². The molecule has 4 fully saturated rings. The van der Waals surface area contributed by atoms with Gasteiger partial charge in [-0.1, -0.05) is 18.0 Å². The van der Waals surface area contributed by atoms with Gasteiger partial charge in [0.1, 0.15) is 18.2 Å². The number of azide groups is 1. The number of ketones is 1. The van der Waals surface area contributed by atoms with E-state index in [9.17, 15) is 14.4 Å². The smallest absolute Gasteiger partial charge is 0.252 e. The maximum atomic E-state index is 13.9. The summed E-state index contributed by atoms with van der Waals surface area (Å²) in [6, 6.07) is 6.70. The molecule has 3 atom stereocenters. The van der Waals surface area contributed by atoms with E-state index in [0.717, 1.165) is 44.7 Å². The minimum absolute atomic E-state index is 0.102. The molecule has 1 saturated carbocycles. The molecule has 1 aromatic carbocycles. The Balaban J connectivity index is 1.29. The first-order chi connectivity index (χ1) is 17.8. The number of fused-ring (bicyclic) bond motifs is 1. The lowest BCUT2D eigenvalue weighted by molar-refractivity contribution is -0.142. The van der Waals surface area contributed by atoms with Crippen LogP contribution < -0.4 is 10.2 Å². The fourth-order valence-corrected chi connectivity index (χ4v) is 6.26. The number of carbonyl (C=O) groups is 3. The third-order valence-electron chi connectivity index (χ3n) is 8.38. The molecule has 3 aliphatic heterocycles. The number of hydrogen-bond acceptors (Lipinski definition) is 7. The first kappa shape index (κ1) is 25.5. The summed E-state index contributed by atoms with van der Waals surface area (Å²) in [5.41, 5.74) is 9.43. The highest BCUT2D eigenvalue weighted by Crippen LogP contribution is 2.37. The van der Waals surface area contributed by atoms with Gasteiger partial charge in [0.2, 0.25) is 5.91 Å². The van der Waals surface area contributed by atoms with Crippen LogP contribution in [0.4, 0.5) is 5.69 Å². The SMILES string of the molecule is CC(C)N1CCN(c2ccc(C(=O)NC3(C(=O)N4C[C@H](N=[N+]=[N-])[C@H]5OCC(=O)[C@H]54)CCCC3)cc2)CC1. The third kappa shape index (κ3) is 4.79. The molecule has 3 saturated heterocycles. The van der Waals surface area contributed by atoms with Crippen LogP contribution in [-0.2, 0) is 14.3 Å². The zero-order valence-electron chi connectivity index (χ0n) is 21.5. The lowest BCUT2D eigenvalue weighted by Gasteiger charge is -2.38. The molecule has 4 aliphatic rings. The predicted molar refractivity (Wildman–Crippen MR) is 137 cm³/mol. The van der Waals surface area contributed by atoms with Crippen LogP contribution in [0.3, 0.4) is 0 Å². The molecule has 0 radical (unpaired) electrons. The number of rotatable bonds is 6. The van der Waals surface area contributed by atoms with Crippen molar-refractivity contribution >= 4 is 23.3 Å². The second kappa shape index (κ2) is 10.3. The van der Waals surface area contributed by atoms with Crippen molar-refractivity contribution in [1.82, 2.24) is 15.1 Å². The Morgan fingerprint density at radius 2 is 1.81 bits per heavy atom. The van der Waals surface area contributed by atoms with Crippen LogP contribution in [0.25, 0.3) is 10.4 Å². The number of carbonyl (C=O) groups excluding carboxylic acids is 3. The van der Waals surface area contributed by atoms with Crippen LogP contribution in [0.15, 0.2) is 29.4 Å². The van der Waals surface area contributed by atoms with E-state index in [-0.39, 0.29) is 30.7 Å². The molecule has 198 valence electrons. The quantitative estimate of drug-likeness (QED) is 0.355.